The Morgan fingerprint density at radius 2 is 2.22 bits per heavy atom. The van der Waals surface area contributed by atoms with Crippen molar-refractivity contribution in [2.24, 2.45) is 7.05 Å². The monoisotopic (exact) mass is 254 g/mol. The number of carboxylic acid groups (broad SMARTS) is 1. The van der Waals surface area contributed by atoms with E-state index in [0.717, 1.165) is 0 Å². The zero-order valence-electron chi connectivity index (χ0n) is 10.8. The molecule has 2 amide bonds. The van der Waals surface area contributed by atoms with Crippen molar-refractivity contribution < 1.29 is 14.7 Å². The summed E-state index contributed by atoms with van der Waals surface area (Å²) in [6.45, 7) is 3.75. The van der Waals surface area contributed by atoms with Gasteiger partial charge < -0.3 is 15.3 Å². The Labute approximate surface area is 105 Å². The zero-order chi connectivity index (χ0) is 13.7. The molecular weight excluding hydrogens is 236 g/mol. The average Bonchev–Trinajstić information content (AvgIpc) is 2.56. The van der Waals surface area contributed by atoms with E-state index < -0.39 is 12.0 Å². The molecule has 0 saturated carbocycles. The second-order valence-corrected chi connectivity index (χ2v) is 4.05. The lowest BCUT2D eigenvalue weighted by molar-refractivity contribution is -0.137. The van der Waals surface area contributed by atoms with Gasteiger partial charge in [-0.05, 0) is 13.3 Å². The number of nitrogens with one attached hydrogen (secondary N) is 1. The van der Waals surface area contributed by atoms with Crippen LogP contribution in [-0.4, -0.2) is 44.9 Å². The van der Waals surface area contributed by atoms with E-state index in [1.54, 1.807) is 24.9 Å². The molecule has 0 aliphatic heterocycles. The first-order valence-electron chi connectivity index (χ1n) is 5.72. The van der Waals surface area contributed by atoms with Gasteiger partial charge in [-0.3, -0.25) is 9.48 Å². The van der Waals surface area contributed by atoms with Crippen LogP contribution < -0.4 is 5.32 Å². The molecule has 1 aromatic heterocycles. The first-order valence-corrected chi connectivity index (χ1v) is 5.72. The van der Waals surface area contributed by atoms with Crippen molar-refractivity contribution in [1.82, 2.24) is 14.7 Å². The molecule has 7 heteroatoms. The maximum atomic E-state index is 11.9. The summed E-state index contributed by atoms with van der Waals surface area (Å²) in [5, 5.41) is 15.5. The fourth-order valence-electron chi connectivity index (χ4n) is 1.60. The first-order chi connectivity index (χ1) is 8.43. The van der Waals surface area contributed by atoms with Gasteiger partial charge >= 0.3 is 12.0 Å². The second kappa shape index (κ2) is 6.04. The van der Waals surface area contributed by atoms with Crippen LogP contribution in [0.25, 0.3) is 0 Å². The van der Waals surface area contributed by atoms with Crippen molar-refractivity contribution in [1.29, 1.82) is 0 Å². The van der Waals surface area contributed by atoms with Crippen LogP contribution in [0.15, 0.2) is 6.20 Å². The molecule has 0 aliphatic rings. The highest BCUT2D eigenvalue weighted by molar-refractivity contribution is 5.91. The molecule has 1 heterocycles. The number of aryl methyl sites for hydroxylation is 2. The third-order valence-corrected chi connectivity index (χ3v) is 2.36. The Kier molecular flexibility index (Phi) is 4.70. The average molecular weight is 254 g/mol. The second-order valence-electron chi connectivity index (χ2n) is 4.05. The van der Waals surface area contributed by atoms with Crippen molar-refractivity contribution in [3.63, 3.8) is 0 Å². The van der Waals surface area contributed by atoms with Crippen molar-refractivity contribution >= 4 is 17.7 Å². The summed E-state index contributed by atoms with van der Waals surface area (Å²) in [6, 6.07) is -0.421. The quantitative estimate of drug-likeness (QED) is 0.822. The molecule has 0 unspecified atom stereocenters. The fourth-order valence-corrected chi connectivity index (χ4v) is 1.60. The maximum Gasteiger partial charge on any atom is 0.323 e. The van der Waals surface area contributed by atoms with Gasteiger partial charge in [-0.2, -0.15) is 5.10 Å². The minimum absolute atomic E-state index is 0.307. The van der Waals surface area contributed by atoms with Crippen molar-refractivity contribution in [3.8, 4) is 0 Å². The Morgan fingerprint density at radius 1 is 1.56 bits per heavy atom. The first kappa shape index (κ1) is 14.0. The molecule has 0 saturated heterocycles. The van der Waals surface area contributed by atoms with Gasteiger partial charge in [-0.25, -0.2) is 4.79 Å². The molecule has 0 aliphatic carbocycles. The third-order valence-electron chi connectivity index (χ3n) is 2.36. The summed E-state index contributed by atoms with van der Waals surface area (Å²) >= 11 is 0. The topological polar surface area (TPSA) is 87.5 Å². The number of hydrogen-bond acceptors (Lipinski definition) is 3. The summed E-state index contributed by atoms with van der Waals surface area (Å²) < 4.78 is 1.59. The van der Waals surface area contributed by atoms with E-state index in [1.807, 2.05) is 6.92 Å². The smallest absolute Gasteiger partial charge is 0.323 e. The molecule has 0 aromatic carbocycles. The summed E-state index contributed by atoms with van der Waals surface area (Å²) in [7, 11) is 1.75. The molecule has 18 heavy (non-hydrogen) atoms. The Bertz CT molecular complexity index is 441. The summed E-state index contributed by atoms with van der Waals surface area (Å²) in [4.78, 5) is 23.8. The minimum atomic E-state index is -1.03. The number of rotatable bonds is 5. The third kappa shape index (κ3) is 3.76. The van der Waals surface area contributed by atoms with Gasteiger partial charge in [0.1, 0.15) is 6.54 Å². The molecule has 1 rings (SSSR count). The number of amides is 2. The van der Waals surface area contributed by atoms with Gasteiger partial charge in [0.2, 0.25) is 0 Å². The highest BCUT2D eigenvalue weighted by atomic mass is 16.4. The minimum Gasteiger partial charge on any atom is -0.480 e. The summed E-state index contributed by atoms with van der Waals surface area (Å²) in [5.41, 5.74) is 1.28. The Balaban J connectivity index is 2.71. The molecule has 0 bridgehead atoms. The van der Waals surface area contributed by atoms with Crippen LogP contribution >= 0.6 is 0 Å². The predicted octanol–water partition coefficient (Wildman–Crippen LogP) is 1.06. The van der Waals surface area contributed by atoms with Crippen molar-refractivity contribution in [2.45, 2.75) is 20.3 Å². The van der Waals surface area contributed by atoms with Crippen molar-refractivity contribution in [2.75, 3.05) is 18.4 Å². The van der Waals surface area contributed by atoms with E-state index in [2.05, 4.69) is 10.4 Å². The van der Waals surface area contributed by atoms with E-state index in [4.69, 9.17) is 5.11 Å². The van der Waals surface area contributed by atoms with E-state index in [0.29, 0.717) is 24.3 Å². The van der Waals surface area contributed by atoms with Gasteiger partial charge in [-0.15, -0.1) is 0 Å². The highest BCUT2D eigenvalue weighted by Gasteiger charge is 2.17. The van der Waals surface area contributed by atoms with Crippen molar-refractivity contribution in [3.05, 3.63) is 11.9 Å². The zero-order valence-corrected chi connectivity index (χ0v) is 10.8. The van der Waals surface area contributed by atoms with E-state index in [-0.39, 0.29) is 6.54 Å². The molecule has 0 fully saturated rings. The number of carbonyl (C=O) groups is 2. The summed E-state index contributed by atoms with van der Waals surface area (Å²) in [6.07, 6.45) is 2.38. The van der Waals surface area contributed by atoms with Gasteiger partial charge in [-0.1, -0.05) is 6.92 Å². The molecular formula is C11H18N4O3. The number of aliphatic carboxylic acids is 1. The predicted molar refractivity (Wildman–Crippen MR) is 66.5 cm³/mol. The normalized spacial score (nSPS) is 10.2. The van der Waals surface area contributed by atoms with Crippen LogP contribution in [-0.2, 0) is 11.8 Å². The SMILES string of the molecule is CCCN(CC(=O)O)C(=O)Nc1cn(C)nc1C. The van der Waals surface area contributed by atoms with Crippen LogP contribution in [0, 0.1) is 6.92 Å². The Hall–Kier alpha value is -2.05. The van der Waals surface area contributed by atoms with Crippen LogP contribution in [0.1, 0.15) is 19.0 Å². The van der Waals surface area contributed by atoms with Crippen LogP contribution in [0.2, 0.25) is 0 Å². The molecule has 1 aromatic rings. The molecule has 7 nitrogen and oxygen atoms in total. The van der Waals surface area contributed by atoms with E-state index >= 15 is 0 Å². The van der Waals surface area contributed by atoms with Crippen LogP contribution in [0.4, 0.5) is 10.5 Å². The van der Waals surface area contributed by atoms with Crippen LogP contribution in [0.3, 0.4) is 0 Å². The molecule has 0 atom stereocenters. The number of nitrogens with zero attached hydrogens (tertiary/aromatic N) is 3. The number of anilines is 1. The molecule has 2 N–H and O–H groups in total. The summed E-state index contributed by atoms with van der Waals surface area (Å²) in [5.74, 6) is -1.03. The number of aromatic nitrogens is 2. The Morgan fingerprint density at radius 3 is 2.67 bits per heavy atom. The largest absolute Gasteiger partial charge is 0.480 e. The van der Waals surface area contributed by atoms with Gasteiger partial charge in [0.25, 0.3) is 0 Å². The highest BCUT2D eigenvalue weighted by Crippen LogP contribution is 2.12. The lowest BCUT2D eigenvalue weighted by Crippen LogP contribution is -2.39. The molecule has 100 valence electrons. The molecule has 0 spiro atoms. The van der Waals surface area contributed by atoms with Crippen LogP contribution in [0.5, 0.6) is 0 Å². The van der Waals surface area contributed by atoms with Gasteiger partial charge in [0.05, 0.1) is 11.4 Å². The maximum absolute atomic E-state index is 11.9. The number of carbonyl (C=O) groups excluding carboxylic acids is 1. The van der Waals surface area contributed by atoms with Gasteiger partial charge in [0.15, 0.2) is 0 Å². The fraction of sp³-hybridized carbons (Fsp3) is 0.545. The number of urea groups is 1. The lowest BCUT2D eigenvalue weighted by atomic mass is 10.4. The number of carboxylic acids is 1. The van der Waals surface area contributed by atoms with Gasteiger partial charge in [0, 0.05) is 19.8 Å². The van der Waals surface area contributed by atoms with E-state index in [1.165, 1.54) is 4.90 Å². The number of hydrogen-bond donors (Lipinski definition) is 2. The van der Waals surface area contributed by atoms with E-state index in [9.17, 15) is 9.59 Å². The molecule has 0 radical (unpaired) electrons. The lowest BCUT2D eigenvalue weighted by Gasteiger charge is -2.20. The standard InChI is InChI=1S/C11H18N4O3/c1-4-5-15(7-10(16)17)11(18)12-9-6-14(3)13-8(9)2/h6H,4-5,7H2,1-3H3,(H,12,18)(H,16,17).